The maximum Gasteiger partial charge on any atom is 0.267 e. The molecule has 3 rings (SSSR count). The molecule has 28 heavy (non-hydrogen) atoms. The summed E-state index contributed by atoms with van der Waals surface area (Å²) in [4.78, 5) is 31.1. The molecule has 1 N–H and O–H groups in total. The Morgan fingerprint density at radius 3 is 2.68 bits per heavy atom. The number of hydrogen-bond acceptors (Lipinski definition) is 5. The average Bonchev–Trinajstić information content (AvgIpc) is 2.69. The molecule has 0 aromatic heterocycles. The maximum atomic E-state index is 12.4. The fraction of sp³-hybridized carbons (Fsp3) is 0.619. The Bertz CT molecular complexity index is 673. The summed E-state index contributed by atoms with van der Waals surface area (Å²) < 4.78 is 5.63. The second kappa shape index (κ2) is 9.89. The second-order valence-electron chi connectivity index (χ2n) is 7.67. The fourth-order valence-electron chi connectivity index (χ4n) is 3.65. The molecule has 1 saturated heterocycles. The van der Waals surface area contributed by atoms with E-state index in [1.54, 1.807) is 11.8 Å². The number of rotatable bonds is 8. The third-order valence-electron chi connectivity index (χ3n) is 5.46. The number of hydrogen-bond donors (Lipinski definition) is 1. The lowest BCUT2D eigenvalue weighted by Crippen LogP contribution is -2.45. The molecule has 154 valence electrons. The molecule has 0 radical (unpaired) electrons. The van der Waals surface area contributed by atoms with E-state index in [0.29, 0.717) is 25.3 Å². The van der Waals surface area contributed by atoms with Crippen LogP contribution in [0.15, 0.2) is 24.3 Å². The van der Waals surface area contributed by atoms with Crippen molar-refractivity contribution in [1.29, 1.82) is 0 Å². The zero-order chi connectivity index (χ0) is 19.9. The van der Waals surface area contributed by atoms with Crippen LogP contribution >= 0.6 is 0 Å². The van der Waals surface area contributed by atoms with Crippen molar-refractivity contribution in [2.45, 2.75) is 32.3 Å². The van der Waals surface area contributed by atoms with E-state index in [1.807, 2.05) is 24.3 Å². The molecule has 2 aliphatic rings. The molecule has 1 fully saturated rings. The Kier molecular flexibility index (Phi) is 7.28. The highest BCUT2D eigenvalue weighted by molar-refractivity contribution is 6.00. The highest BCUT2D eigenvalue weighted by Crippen LogP contribution is 2.33. The summed E-state index contributed by atoms with van der Waals surface area (Å²) in [5.41, 5.74) is 0.741. The highest BCUT2D eigenvalue weighted by atomic mass is 16.5. The van der Waals surface area contributed by atoms with Gasteiger partial charge in [0.25, 0.3) is 5.91 Å². The number of benzene rings is 1. The Hall–Kier alpha value is -2.12. The molecule has 0 bridgehead atoms. The number of carbonyl (C=O) groups is 2. The summed E-state index contributed by atoms with van der Waals surface area (Å²) in [5.74, 6) is 0.585. The second-order valence-corrected chi connectivity index (χ2v) is 7.67. The summed E-state index contributed by atoms with van der Waals surface area (Å²) in [5, 5.41) is 2.98. The van der Waals surface area contributed by atoms with E-state index in [9.17, 15) is 9.59 Å². The largest absolute Gasteiger partial charge is 0.479 e. The number of nitrogens with one attached hydrogen (secondary N) is 1. The molecule has 0 aliphatic carbocycles. The van der Waals surface area contributed by atoms with Crippen molar-refractivity contribution >= 4 is 17.5 Å². The van der Waals surface area contributed by atoms with Crippen LogP contribution in [0.3, 0.4) is 0 Å². The van der Waals surface area contributed by atoms with Gasteiger partial charge in [0, 0.05) is 45.7 Å². The average molecular weight is 389 g/mol. The number of likely N-dealkylation sites (N-methyl/N-ethyl adjacent to an activating group) is 1. The minimum atomic E-state index is -0.521. The molecular formula is C21H32N4O3. The molecule has 1 aromatic rings. The molecule has 1 unspecified atom stereocenters. The minimum Gasteiger partial charge on any atom is -0.479 e. The molecule has 2 amide bonds. The van der Waals surface area contributed by atoms with Crippen LogP contribution in [0.25, 0.3) is 0 Å². The standard InChI is InChI=1S/C21H32N4O3/c1-17-21(27)25(18-7-3-4-8-19(18)28-17)12-9-20(26)22-10-5-6-11-24-15-13-23(2)14-16-24/h3-4,7-8,17H,5-6,9-16H2,1-2H3,(H,22,26). The van der Waals surface area contributed by atoms with Gasteiger partial charge >= 0.3 is 0 Å². The Balaban J connectivity index is 1.35. The first-order valence-electron chi connectivity index (χ1n) is 10.3. The molecule has 7 heteroatoms. The Morgan fingerprint density at radius 2 is 1.89 bits per heavy atom. The molecule has 7 nitrogen and oxygen atoms in total. The number of carbonyl (C=O) groups excluding carboxylic acids is 2. The van der Waals surface area contributed by atoms with Crippen molar-refractivity contribution < 1.29 is 14.3 Å². The van der Waals surface area contributed by atoms with Crippen molar-refractivity contribution in [3.8, 4) is 5.75 Å². The third-order valence-corrected chi connectivity index (χ3v) is 5.46. The van der Waals surface area contributed by atoms with Crippen molar-refractivity contribution in [3.05, 3.63) is 24.3 Å². The number of amides is 2. The van der Waals surface area contributed by atoms with Crippen molar-refractivity contribution in [3.63, 3.8) is 0 Å². The van der Waals surface area contributed by atoms with Gasteiger partial charge in [-0.2, -0.15) is 0 Å². The number of nitrogens with zero attached hydrogens (tertiary/aromatic N) is 3. The first-order chi connectivity index (χ1) is 13.5. The lowest BCUT2D eigenvalue weighted by molar-refractivity contribution is -0.125. The quantitative estimate of drug-likeness (QED) is 0.681. The topological polar surface area (TPSA) is 65.1 Å². The summed E-state index contributed by atoms with van der Waals surface area (Å²) in [6.07, 6.45) is 1.85. The van der Waals surface area contributed by atoms with Gasteiger partial charge in [0.15, 0.2) is 6.10 Å². The summed E-state index contributed by atoms with van der Waals surface area (Å²) >= 11 is 0. The van der Waals surface area contributed by atoms with E-state index >= 15 is 0 Å². The zero-order valence-corrected chi connectivity index (χ0v) is 17.0. The SMILES string of the molecule is CC1Oc2ccccc2N(CCC(=O)NCCCCN2CCN(C)CC2)C1=O. The van der Waals surface area contributed by atoms with E-state index in [-0.39, 0.29) is 11.8 Å². The fourth-order valence-corrected chi connectivity index (χ4v) is 3.65. The van der Waals surface area contributed by atoms with Gasteiger partial charge in [0.2, 0.25) is 5.91 Å². The van der Waals surface area contributed by atoms with Crippen LogP contribution in [-0.4, -0.2) is 80.6 Å². The van der Waals surface area contributed by atoms with Gasteiger partial charge < -0.3 is 24.8 Å². The van der Waals surface area contributed by atoms with Crippen molar-refractivity contribution in [2.24, 2.45) is 0 Å². The smallest absolute Gasteiger partial charge is 0.267 e. The van der Waals surface area contributed by atoms with Crippen molar-refractivity contribution in [2.75, 3.05) is 57.8 Å². The van der Waals surface area contributed by atoms with Crippen LogP contribution in [0.2, 0.25) is 0 Å². The molecule has 0 saturated carbocycles. The van der Waals surface area contributed by atoms with E-state index in [2.05, 4.69) is 22.2 Å². The predicted octanol–water partition coefficient (Wildman–Crippen LogP) is 1.33. The van der Waals surface area contributed by atoms with Crippen LogP contribution in [0.4, 0.5) is 5.69 Å². The van der Waals surface area contributed by atoms with E-state index in [4.69, 9.17) is 4.74 Å². The number of ether oxygens (including phenoxy) is 1. The number of para-hydroxylation sites is 2. The maximum absolute atomic E-state index is 12.4. The van der Waals surface area contributed by atoms with Gasteiger partial charge in [0.05, 0.1) is 5.69 Å². The monoisotopic (exact) mass is 388 g/mol. The van der Waals surface area contributed by atoms with Gasteiger partial charge in [-0.3, -0.25) is 9.59 Å². The summed E-state index contributed by atoms with van der Waals surface area (Å²) in [6.45, 7) is 8.45. The number of fused-ring (bicyclic) bond motifs is 1. The number of piperazine rings is 1. The van der Waals surface area contributed by atoms with Crippen LogP contribution < -0.4 is 15.0 Å². The number of unbranched alkanes of at least 4 members (excludes halogenated alkanes) is 1. The third kappa shape index (κ3) is 5.45. The Morgan fingerprint density at radius 1 is 1.14 bits per heavy atom. The highest BCUT2D eigenvalue weighted by Gasteiger charge is 2.31. The molecular weight excluding hydrogens is 356 g/mol. The van der Waals surface area contributed by atoms with Crippen LogP contribution in [0, 0.1) is 0 Å². The van der Waals surface area contributed by atoms with E-state index in [1.165, 1.54) is 0 Å². The van der Waals surface area contributed by atoms with Crippen LogP contribution in [0.5, 0.6) is 5.75 Å². The van der Waals surface area contributed by atoms with Gasteiger partial charge in [-0.25, -0.2) is 0 Å². The van der Waals surface area contributed by atoms with E-state index < -0.39 is 6.10 Å². The summed E-state index contributed by atoms with van der Waals surface area (Å²) in [6, 6.07) is 7.47. The first kappa shape index (κ1) is 20.6. The Labute approximate surface area is 167 Å². The molecule has 2 aliphatic heterocycles. The summed E-state index contributed by atoms with van der Waals surface area (Å²) in [7, 11) is 2.16. The van der Waals surface area contributed by atoms with Gasteiger partial charge in [0.1, 0.15) is 5.75 Å². The lowest BCUT2D eigenvalue weighted by atomic mass is 10.1. The van der Waals surface area contributed by atoms with Crippen LogP contribution in [0.1, 0.15) is 26.2 Å². The number of anilines is 1. The van der Waals surface area contributed by atoms with Crippen LogP contribution in [-0.2, 0) is 9.59 Å². The predicted molar refractivity (Wildman–Crippen MR) is 110 cm³/mol. The molecule has 0 spiro atoms. The molecule has 1 atom stereocenters. The minimum absolute atomic E-state index is 0.0102. The normalized spacial score (nSPS) is 20.6. The molecule has 1 aromatic carbocycles. The lowest BCUT2D eigenvalue weighted by Gasteiger charge is -2.32. The molecule has 2 heterocycles. The zero-order valence-electron chi connectivity index (χ0n) is 17.0. The van der Waals surface area contributed by atoms with Gasteiger partial charge in [-0.15, -0.1) is 0 Å². The van der Waals surface area contributed by atoms with E-state index in [0.717, 1.165) is 51.3 Å². The van der Waals surface area contributed by atoms with Crippen molar-refractivity contribution in [1.82, 2.24) is 15.1 Å². The van der Waals surface area contributed by atoms with Gasteiger partial charge in [-0.1, -0.05) is 12.1 Å². The first-order valence-corrected chi connectivity index (χ1v) is 10.3. The van der Waals surface area contributed by atoms with Gasteiger partial charge in [-0.05, 0) is 45.5 Å².